The van der Waals surface area contributed by atoms with Crippen molar-refractivity contribution in [2.24, 2.45) is 0 Å². The number of rotatable bonds is 4. The second-order valence-electron chi connectivity index (χ2n) is 4.92. The van der Waals surface area contributed by atoms with E-state index in [-0.39, 0.29) is 24.0 Å². The highest BCUT2D eigenvalue weighted by molar-refractivity contribution is 5.35. The lowest BCUT2D eigenvalue weighted by Crippen LogP contribution is -2.23. The number of halogens is 1. The summed E-state index contributed by atoms with van der Waals surface area (Å²) in [5.41, 5.74) is -0.0820. The zero-order chi connectivity index (χ0) is 14.3. The zero-order valence-electron chi connectivity index (χ0n) is 10.5. The van der Waals surface area contributed by atoms with E-state index in [1.165, 1.54) is 16.7 Å². The third kappa shape index (κ3) is 2.34. The minimum absolute atomic E-state index is 0.122. The van der Waals surface area contributed by atoms with Gasteiger partial charge in [-0.15, -0.1) is 0 Å². The molecular weight excluding hydrogens is 265 g/mol. The van der Waals surface area contributed by atoms with Crippen LogP contribution in [0.25, 0.3) is 0 Å². The highest BCUT2D eigenvalue weighted by Crippen LogP contribution is 2.33. The maximum Gasteiger partial charge on any atom is 0.328 e. The molecular formula is C13H12FN3O3. The van der Waals surface area contributed by atoms with Gasteiger partial charge in [0.05, 0.1) is 17.5 Å². The predicted molar refractivity (Wildman–Crippen MR) is 69.1 cm³/mol. The van der Waals surface area contributed by atoms with Gasteiger partial charge in [0.25, 0.3) is 5.69 Å². The maximum absolute atomic E-state index is 13.3. The fourth-order valence-electron chi connectivity index (χ4n) is 2.21. The summed E-state index contributed by atoms with van der Waals surface area (Å²) >= 11 is 0. The smallest absolute Gasteiger partial charge is 0.296 e. The van der Waals surface area contributed by atoms with Crippen molar-refractivity contribution in [3.05, 3.63) is 62.6 Å². The molecule has 0 radical (unpaired) electrons. The van der Waals surface area contributed by atoms with Gasteiger partial charge in [0, 0.05) is 24.5 Å². The van der Waals surface area contributed by atoms with Gasteiger partial charge in [-0.3, -0.25) is 19.2 Å². The lowest BCUT2D eigenvalue weighted by Gasteiger charge is -2.03. The van der Waals surface area contributed by atoms with Crippen LogP contribution in [0.15, 0.2) is 35.4 Å². The largest absolute Gasteiger partial charge is 0.328 e. The zero-order valence-corrected chi connectivity index (χ0v) is 10.5. The van der Waals surface area contributed by atoms with Crippen molar-refractivity contribution in [2.45, 2.75) is 25.4 Å². The normalized spacial score (nSPS) is 14.4. The summed E-state index contributed by atoms with van der Waals surface area (Å²) < 4.78 is 16.4. The molecule has 0 saturated heterocycles. The van der Waals surface area contributed by atoms with E-state index in [0.717, 1.165) is 18.9 Å². The molecule has 0 unspecified atom stereocenters. The Bertz CT molecular complexity index is 731. The van der Waals surface area contributed by atoms with Gasteiger partial charge in [-0.25, -0.2) is 9.18 Å². The van der Waals surface area contributed by atoms with Crippen molar-refractivity contribution in [1.29, 1.82) is 0 Å². The molecule has 7 heteroatoms. The summed E-state index contributed by atoms with van der Waals surface area (Å²) in [7, 11) is 0. The summed E-state index contributed by atoms with van der Waals surface area (Å²) in [6.07, 6.45) is 5.32. The molecule has 0 bridgehead atoms. The van der Waals surface area contributed by atoms with Gasteiger partial charge in [-0.05, 0) is 24.5 Å². The lowest BCUT2D eigenvalue weighted by atomic mass is 10.2. The van der Waals surface area contributed by atoms with Crippen LogP contribution in [-0.4, -0.2) is 14.1 Å². The number of imidazole rings is 1. The van der Waals surface area contributed by atoms with Crippen LogP contribution >= 0.6 is 0 Å². The summed E-state index contributed by atoms with van der Waals surface area (Å²) in [6, 6.07) is 3.62. The number of non-ortho nitro benzene ring substituents is 1. The molecule has 0 aliphatic heterocycles. The third-order valence-corrected chi connectivity index (χ3v) is 3.32. The standard InChI is InChI=1S/C13H12FN3O3/c14-10-5-9(6-12(7-10)17(19)20)8-15-3-4-16(13(15)18)11-1-2-11/h3-7,11H,1-2,8H2. The van der Waals surface area contributed by atoms with E-state index < -0.39 is 10.7 Å². The summed E-state index contributed by atoms with van der Waals surface area (Å²) in [5, 5.41) is 10.7. The van der Waals surface area contributed by atoms with Gasteiger partial charge in [0.2, 0.25) is 0 Å². The van der Waals surface area contributed by atoms with Crippen molar-refractivity contribution in [3.8, 4) is 0 Å². The van der Waals surface area contributed by atoms with Crippen LogP contribution in [0.1, 0.15) is 24.4 Å². The average Bonchev–Trinajstić information content (AvgIpc) is 3.16. The first-order valence-electron chi connectivity index (χ1n) is 6.26. The molecule has 1 heterocycles. The summed E-state index contributed by atoms with van der Waals surface area (Å²) in [4.78, 5) is 22.1. The van der Waals surface area contributed by atoms with Gasteiger partial charge in [-0.1, -0.05) is 0 Å². The minimum Gasteiger partial charge on any atom is -0.296 e. The Labute approximate surface area is 113 Å². The summed E-state index contributed by atoms with van der Waals surface area (Å²) in [5.74, 6) is -0.677. The van der Waals surface area contributed by atoms with Crippen molar-refractivity contribution < 1.29 is 9.31 Å². The number of hydrogen-bond donors (Lipinski definition) is 0. The minimum atomic E-state index is -0.677. The Balaban J connectivity index is 1.91. The topological polar surface area (TPSA) is 70.1 Å². The fraction of sp³-hybridized carbons (Fsp3) is 0.308. The number of nitro groups is 1. The number of nitrogens with zero attached hydrogens (tertiary/aromatic N) is 3. The number of hydrogen-bond acceptors (Lipinski definition) is 3. The molecule has 1 aromatic carbocycles. The number of aromatic nitrogens is 2. The molecule has 1 saturated carbocycles. The van der Waals surface area contributed by atoms with Crippen molar-refractivity contribution in [1.82, 2.24) is 9.13 Å². The van der Waals surface area contributed by atoms with E-state index in [4.69, 9.17) is 0 Å². The molecule has 1 aromatic heterocycles. The molecule has 0 amide bonds. The van der Waals surface area contributed by atoms with E-state index in [9.17, 15) is 19.3 Å². The predicted octanol–water partition coefficient (Wildman–Crippen LogP) is 2.08. The molecule has 3 rings (SSSR count). The second kappa shape index (κ2) is 4.59. The third-order valence-electron chi connectivity index (χ3n) is 3.32. The van der Waals surface area contributed by atoms with E-state index in [1.54, 1.807) is 17.0 Å². The Kier molecular flexibility index (Phi) is 2.89. The molecule has 6 nitrogen and oxygen atoms in total. The van der Waals surface area contributed by atoms with Crippen LogP contribution in [0, 0.1) is 15.9 Å². The van der Waals surface area contributed by atoms with Gasteiger partial charge in [-0.2, -0.15) is 0 Å². The first-order chi connectivity index (χ1) is 9.54. The van der Waals surface area contributed by atoms with Gasteiger partial charge < -0.3 is 0 Å². The van der Waals surface area contributed by atoms with Crippen LogP contribution < -0.4 is 5.69 Å². The SMILES string of the molecule is O=c1n(Cc2cc(F)cc([N+](=O)[O-])c2)ccn1C1CC1. The quantitative estimate of drug-likeness (QED) is 0.634. The van der Waals surface area contributed by atoms with Crippen LogP contribution in [0.4, 0.5) is 10.1 Å². The van der Waals surface area contributed by atoms with Gasteiger partial charge >= 0.3 is 5.69 Å². The molecule has 2 aromatic rings. The second-order valence-corrected chi connectivity index (χ2v) is 4.92. The maximum atomic E-state index is 13.3. The fourth-order valence-corrected chi connectivity index (χ4v) is 2.21. The molecule has 1 aliphatic rings. The van der Waals surface area contributed by atoms with E-state index in [2.05, 4.69) is 0 Å². The highest BCUT2D eigenvalue weighted by atomic mass is 19.1. The van der Waals surface area contributed by atoms with E-state index in [0.29, 0.717) is 5.56 Å². The van der Waals surface area contributed by atoms with Crippen LogP contribution in [0.2, 0.25) is 0 Å². The number of nitro benzene ring substituents is 1. The van der Waals surface area contributed by atoms with E-state index in [1.807, 2.05) is 0 Å². The molecule has 0 atom stereocenters. The van der Waals surface area contributed by atoms with Gasteiger partial charge in [0.1, 0.15) is 5.82 Å². The number of benzene rings is 1. The Morgan fingerprint density at radius 3 is 2.70 bits per heavy atom. The Morgan fingerprint density at radius 1 is 1.30 bits per heavy atom. The van der Waals surface area contributed by atoms with Crippen LogP contribution in [0.5, 0.6) is 0 Å². The van der Waals surface area contributed by atoms with Crippen molar-refractivity contribution in [3.63, 3.8) is 0 Å². The molecule has 0 N–H and O–H groups in total. The van der Waals surface area contributed by atoms with Crippen molar-refractivity contribution in [2.75, 3.05) is 0 Å². The van der Waals surface area contributed by atoms with Gasteiger partial charge in [0.15, 0.2) is 0 Å². The average molecular weight is 277 g/mol. The first kappa shape index (κ1) is 12.6. The van der Waals surface area contributed by atoms with Crippen LogP contribution in [0.3, 0.4) is 0 Å². The molecule has 104 valence electrons. The summed E-state index contributed by atoms with van der Waals surface area (Å²) in [6.45, 7) is 0.122. The first-order valence-corrected chi connectivity index (χ1v) is 6.26. The van der Waals surface area contributed by atoms with Crippen LogP contribution in [-0.2, 0) is 6.54 Å². The Morgan fingerprint density at radius 2 is 2.05 bits per heavy atom. The molecule has 1 aliphatic carbocycles. The lowest BCUT2D eigenvalue weighted by molar-refractivity contribution is -0.385. The molecule has 1 fully saturated rings. The molecule has 20 heavy (non-hydrogen) atoms. The Hall–Kier alpha value is -2.44. The highest BCUT2D eigenvalue weighted by Gasteiger charge is 2.25. The van der Waals surface area contributed by atoms with E-state index >= 15 is 0 Å². The monoisotopic (exact) mass is 277 g/mol. The van der Waals surface area contributed by atoms with Crippen molar-refractivity contribution >= 4 is 5.69 Å². The molecule has 0 spiro atoms.